The van der Waals surface area contributed by atoms with E-state index in [9.17, 15) is 4.79 Å². The second-order valence-electron chi connectivity index (χ2n) is 4.75. The number of aromatic amines is 1. The third-order valence-electron chi connectivity index (χ3n) is 2.97. The van der Waals surface area contributed by atoms with E-state index in [2.05, 4.69) is 24.2 Å². The molecular weight excluding hydrogens is 212 g/mol. The SMILES string of the molecule is Cc1cccc(-c2[nH]n(C(C)C)c(=O)c2C)c1. The molecule has 3 nitrogen and oxygen atoms in total. The van der Waals surface area contributed by atoms with Crippen molar-refractivity contribution in [1.82, 2.24) is 9.78 Å². The summed E-state index contributed by atoms with van der Waals surface area (Å²) in [6, 6.07) is 8.32. The molecule has 0 saturated carbocycles. The van der Waals surface area contributed by atoms with Crippen molar-refractivity contribution in [3.63, 3.8) is 0 Å². The van der Waals surface area contributed by atoms with Crippen molar-refractivity contribution < 1.29 is 0 Å². The molecule has 0 aliphatic heterocycles. The number of benzene rings is 1. The van der Waals surface area contributed by atoms with E-state index in [1.165, 1.54) is 5.56 Å². The average Bonchev–Trinajstić information content (AvgIpc) is 2.56. The van der Waals surface area contributed by atoms with Gasteiger partial charge in [0.2, 0.25) is 0 Å². The van der Waals surface area contributed by atoms with Crippen LogP contribution < -0.4 is 5.56 Å². The first-order chi connectivity index (χ1) is 8.00. The summed E-state index contributed by atoms with van der Waals surface area (Å²) in [4.78, 5) is 12.0. The predicted octanol–water partition coefficient (Wildman–Crippen LogP) is 3.04. The molecule has 17 heavy (non-hydrogen) atoms. The predicted molar refractivity (Wildman–Crippen MR) is 70.3 cm³/mol. The Bertz CT molecular complexity index is 591. The van der Waals surface area contributed by atoms with Gasteiger partial charge in [-0.25, -0.2) is 4.68 Å². The van der Waals surface area contributed by atoms with Crippen molar-refractivity contribution in [3.05, 3.63) is 45.7 Å². The quantitative estimate of drug-likeness (QED) is 0.846. The van der Waals surface area contributed by atoms with Crippen LogP contribution in [0.2, 0.25) is 0 Å². The molecule has 0 unspecified atom stereocenters. The molecule has 1 heterocycles. The van der Waals surface area contributed by atoms with E-state index in [1.807, 2.05) is 32.9 Å². The third-order valence-corrected chi connectivity index (χ3v) is 2.97. The lowest BCUT2D eigenvalue weighted by Gasteiger charge is -2.05. The van der Waals surface area contributed by atoms with Gasteiger partial charge in [0.1, 0.15) is 0 Å². The van der Waals surface area contributed by atoms with Crippen LogP contribution in [0, 0.1) is 13.8 Å². The molecule has 1 aromatic heterocycles. The topological polar surface area (TPSA) is 37.8 Å². The molecule has 1 aromatic carbocycles. The maximum absolute atomic E-state index is 12.0. The molecule has 2 rings (SSSR count). The van der Waals surface area contributed by atoms with E-state index in [0.29, 0.717) is 0 Å². The molecule has 0 spiro atoms. The molecule has 90 valence electrons. The standard InChI is InChI=1S/C14H18N2O/c1-9(2)16-14(17)11(4)13(15-16)12-7-5-6-10(3)8-12/h5-9,15H,1-4H3. The molecular formula is C14H18N2O. The Morgan fingerprint density at radius 3 is 2.47 bits per heavy atom. The van der Waals surface area contributed by atoms with E-state index in [4.69, 9.17) is 0 Å². The first-order valence-corrected chi connectivity index (χ1v) is 5.89. The van der Waals surface area contributed by atoms with E-state index in [1.54, 1.807) is 4.68 Å². The second-order valence-corrected chi connectivity index (χ2v) is 4.75. The van der Waals surface area contributed by atoms with Crippen LogP contribution in [0.3, 0.4) is 0 Å². The Balaban J connectivity index is 2.61. The summed E-state index contributed by atoms with van der Waals surface area (Å²) < 4.78 is 1.67. The highest BCUT2D eigenvalue weighted by atomic mass is 16.1. The van der Waals surface area contributed by atoms with Gasteiger partial charge < -0.3 is 0 Å². The molecule has 0 fully saturated rings. The van der Waals surface area contributed by atoms with Gasteiger partial charge in [-0.05, 0) is 33.8 Å². The number of nitrogens with zero attached hydrogens (tertiary/aromatic N) is 1. The smallest absolute Gasteiger partial charge is 0.270 e. The zero-order chi connectivity index (χ0) is 12.6. The monoisotopic (exact) mass is 230 g/mol. The molecule has 2 aromatic rings. The lowest BCUT2D eigenvalue weighted by atomic mass is 10.1. The van der Waals surface area contributed by atoms with E-state index in [0.717, 1.165) is 16.8 Å². The van der Waals surface area contributed by atoms with Crippen LogP contribution >= 0.6 is 0 Å². The summed E-state index contributed by atoms with van der Waals surface area (Å²) in [5.74, 6) is 0. The maximum atomic E-state index is 12.0. The zero-order valence-electron chi connectivity index (χ0n) is 10.7. The molecule has 3 heteroatoms. The second kappa shape index (κ2) is 4.24. The Morgan fingerprint density at radius 1 is 1.24 bits per heavy atom. The van der Waals surface area contributed by atoms with Gasteiger partial charge in [0.25, 0.3) is 5.56 Å². The van der Waals surface area contributed by atoms with Gasteiger partial charge in [-0.1, -0.05) is 23.8 Å². The summed E-state index contributed by atoms with van der Waals surface area (Å²) in [6.45, 7) is 7.92. The number of aromatic nitrogens is 2. The summed E-state index contributed by atoms with van der Waals surface area (Å²) in [6.07, 6.45) is 0. The Labute approximate surface area is 101 Å². The van der Waals surface area contributed by atoms with Crippen LogP contribution in [-0.2, 0) is 0 Å². The summed E-state index contributed by atoms with van der Waals surface area (Å²) in [5, 5.41) is 3.20. The van der Waals surface area contributed by atoms with Gasteiger partial charge in [-0.3, -0.25) is 9.89 Å². The largest absolute Gasteiger partial charge is 0.294 e. The van der Waals surface area contributed by atoms with Crippen LogP contribution in [0.4, 0.5) is 0 Å². The van der Waals surface area contributed by atoms with Crippen LogP contribution in [-0.4, -0.2) is 9.78 Å². The summed E-state index contributed by atoms with van der Waals surface area (Å²) in [5.41, 5.74) is 4.03. The minimum atomic E-state index is 0.0662. The number of nitrogens with one attached hydrogen (secondary N) is 1. The number of hydrogen-bond donors (Lipinski definition) is 1. The van der Waals surface area contributed by atoms with Crippen molar-refractivity contribution in [3.8, 4) is 11.3 Å². The molecule has 0 atom stereocenters. The van der Waals surface area contributed by atoms with Crippen LogP contribution in [0.1, 0.15) is 31.0 Å². The molecule has 0 amide bonds. The first kappa shape index (κ1) is 11.7. The van der Waals surface area contributed by atoms with Crippen LogP contribution in [0.25, 0.3) is 11.3 Å². The fourth-order valence-electron chi connectivity index (χ4n) is 1.99. The van der Waals surface area contributed by atoms with Gasteiger partial charge in [0.15, 0.2) is 0 Å². The fourth-order valence-corrected chi connectivity index (χ4v) is 1.99. The minimum absolute atomic E-state index is 0.0662. The number of hydrogen-bond acceptors (Lipinski definition) is 1. The third kappa shape index (κ3) is 2.05. The Kier molecular flexibility index (Phi) is 2.92. The number of aryl methyl sites for hydroxylation is 1. The average molecular weight is 230 g/mol. The molecule has 1 N–H and O–H groups in total. The molecule has 0 aliphatic carbocycles. The van der Waals surface area contributed by atoms with Crippen molar-refractivity contribution in [2.75, 3.05) is 0 Å². The highest BCUT2D eigenvalue weighted by Gasteiger charge is 2.13. The van der Waals surface area contributed by atoms with Crippen LogP contribution in [0.5, 0.6) is 0 Å². The van der Waals surface area contributed by atoms with E-state index >= 15 is 0 Å². The molecule has 0 aliphatic rings. The van der Waals surface area contributed by atoms with Crippen molar-refractivity contribution >= 4 is 0 Å². The van der Waals surface area contributed by atoms with E-state index in [-0.39, 0.29) is 11.6 Å². The fraction of sp³-hybridized carbons (Fsp3) is 0.357. The van der Waals surface area contributed by atoms with Gasteiger partial charge in [0, 0.05) is 17.2 Å². The highest BCUT2D eigenvalue weighted by Crippen LogP contribution is 2.20. The molecule has 0 saturated heterocycles. The van der Waals surface area contributed by atoms with E-state index < -0.39 is 0 Å². The first-order valence-electron chi connectivity index (χ1n) is 5.89. The van der Waals surface area contributed by atoms with Crippen molar-refractivity contribution in [1.29, 1.82) is 0 Å². The molecule has 0 bridgehead atoms. The Hall–Kier alpha value is -1.77. The number of H-pyrrole nitrogens is 1. The summed E-state index contributed by atoms with van der Waals surface area (Å²) >= 11 is 0. The van der Waals surface area contributed by atoms with Gasteiger partial charge in [-0.2, -0.15) is 0 Å². The highest BCUT2D eigenvalue weighted by molar-refractivity contribution is 5.63. The zero-order valence-corrected chi connectivity index (χ0v) is 10.7. The number of rotatable bonds is 2. The lowest BCUT2D eigenvalue weighted by Crippen LogP contribution is -2.19. The van der Waals surface area contributed by atoms with Crippen molar-refractivity contribution in [2.45, 2.75) is 33.7 Å². The lowest BCUT2D eigenvalue weighted by molar-refractivity contribution is 0.517. The maximum Gasteiger partial charge on any atom is 0.270 e. The van der Waals surface area contributed by atoms with Crippen molar-refractivity contribution in [2.24, 2.45) is 0 Å². The van der Waals surface area contributed by atoms with Gasteiger partial charge >= 0.3 is 0 Å². The minimum Gasteiger partial charge on any atom is -0.294 e. The Morgan fingerprint density at radius 2 is 1.94 bits per heavy atom. The van der Waals surface area contributed by atoms with Gasteiger partial charge in [0.05, 0.1) is 5.69 Å². The van der Waals surface area contributed by atoms with Gasteiger partial charge in [-0.15, -0.1) is 0 Å². The van der Waals surface area contributed by atoms with Crippen LogP contribution in [0.15, 0.2) is 29.1 Å². The summed E-state index contributed by atoms with van der Waals surface area (Å²) in [7, 11) is 0. The molecule has 0 radical (unpaired) electrons. The normalized spacial score (nSPS) is 11.1.